The molecule has 18 heavy (non-hydrogen) atoms. The number of anilines is 1. The van der Waals surface area contributed by atoms with E-state index in [9.17, 15) is 0 Å². The summed E-state index contributed by atoms with van der Waals surface area (Å²) < 4.78 is 5.46. The fourth-order valence-corrected chi connectivity index (χ4v) is 1.96. The number of nitrogens with two attached hydrogens (primary N) is 1. The zero-order valence-corrected chi connectivity index (χ0v) is 10.4. The van der Waals surface area contributed by atoms with E-state index >= 15 is 0 Å². The average molecular weight is 241 g/mol. The molecule has 2 rings (SSSR count). The number of aromatic nitrogens is 1. The topological polar surface area (TPSA) is 74.8 Å². The van der Waals surface area contributed by atoms with Gasteiger partial charge in [-0.1, -0.05) is 12.1 Å². The number of nitriles is 1. The predicted octanol–water partition coefficient (Wildman–Crippen LogP) is 2.84. The summed E-state index contributed by atoms with van der Waals surface area (Å²) in [5.74, 6) is 1.22. The Bertz CT molecular complexity index is 608. The molecule has 0 radical (unpaired) electrons. The first-order valence-corrected chi connectivity index (χ1v) is 5.78. The molecule has 0 atom stereocenters. The van der Waals surface area contributed by atoms with E-state index in [4.69, 9.17) is 15.7 Å². The normalized spacial score (nSPS) is 10.1. The van der Waals surface area contributed by atoms with Crippen LogP contribution in [0.15, 0.2) is 24.3 Å². The molecule has 0 saturated heterocycles. The zero-order valence-electron chi connectivity index (χ0n) is 10.4. The van der Waals surface area contributed by atoms with Gasteiger partial charge in [-0.25, -0.2) is 0 Å². The van der Waals surface area contributed by atoms with E-state index in [1.165, 1.54) is 0 Å². The van der Waals surface area contributed by atoms with Crippen molar-refractivity contribution < 1.29 is 4.74 Å². The number of benzene rings is 1. The van der Waals surface area contributed by atoms with Crippen LogP contribution in [0, 0.1) is 18.3 Å². The van der Waals surface area contributed by atoms with Gasteiger partial charge in [-0.05, 0) is 31.5 Å². The number of rotatable bonds is 3. The molecule has 4 heteroatoms. The fourth-order valence-electron chi connectivity index (χ4n) is 1.96. The maximum Gasteiger partial charge on any atom is 0.119 e. The van der Waals surface area contributed by atoms with Crippen molar-refractivity contribution in [2.45, 2.75) is 13.8 Å². The molecule has 2 aromatic rings. The van der Waals surface area contributed by atoms with Crippen molar-refractivity contribution in [3.8, 4) is 23.1 Å². The lowest BCUT2D eigenvalue weighted by Gasteiger charge is -2.05. The van der Waals surface area contributed by atoms with E-state index in [-0.39, 0.29) is 0 Å². The van der Waals surface area contributed by atoms with E-state index in [1.807, 2.05) is 38.1 Å². The largest absolute Gasteiger partial charge is 0.494 e. The summed E-state index contributed by atoms with van der Waals surface area (Å²) in [6.07, 6.45) is 0. The van der Waals surface area contributed by atoms with Gasteiger partial charge >= 0.3 is 0 Å². The second-order valence-electron chi connectivity index (χ2n) is 3.99. The molecule has 0 aliphatic rings. The number of nitrogens with one attached hydrogen (secondary N) is 1. The molecule has 0 aliphatic heterocycles. The van der Waals surface area contributed by atoms with Crippen LogP contribution in [0.2, 0.25) is 0 Å². The van der Waals surface area contributed by atoms with Gasteiger partial charge in [-0.2, -0.15) is 5.26 Å². The molecule has 92 valence electrons. The van der Waals surface area contributed by atoms with Crippen LogP contribution in [0.5, 0.6) is 5.75 Å². The maximum absolute atomic E-state index is 9.02. The Labute approximate surface area is 106 Å². The molecule has 0 unspecified atom stereocenters. The molecule has 0 aliphatic carbocycles. The first-order valence-electron chi connectivity index (χ1n) is 5.78. The van der Waals surface area contributed by atoms with Crippen LogP contribution in [0.3, 0.4) is 0 Å². The third-order valence-corrected chi connectivity index (χ3v) is 2.82. The third-order valence-electron chi connectivity index (χ3n) is 2.82. The van der Waals surface area contributed by atoms with E-state index in [0.29, 0.717) is 18.0 Å². The van der Waals surface area contributed by atoms with Crippen LogP contribution < -0.4 is 10.5 Å². The summed E-state index contributed by atoms with van der Waals surface area (Å²) in [5.41, 5.74) is 8.98. The van der Waals surface area contributed by atoms with Crippen molar-refractivity contribution in [2.24, 2.45) is 0 Å². The predicted molar refractivity (Wildman–Crippen MR) is 71.3 cm³/mol. The van der Waals surface area contributed by atoms with Gasteiger partial charge in [0.2, 0.25) is 0 Å². The number of H-pyrrole nitrogens is 1. The van der Waals surface area contributed by atoms with Gasteiger partial charge in [0.25, 0.3) is 0 Å². The van der Waals surface area contributed by atoms with E-state index in [1.54, 1.807) is 0 Å². The summed E-state index contributed by atoms with van der Waals surface area (Å²) in [7, 11) is 0. The minimum atomic E-state index is 0.409. The molecule has 0 fully saturated rings. The fraction of sp³-hybridized carbons (Fsp3) is 0.214. The Morgan fingerprint density at radius 1 is 1.44 bits per heavy atom. The van der Waals surface area contributed by atoms with Crippen LogP contribution >= 0.6 is 0 Å². The molecule has 0 spiro atoms. The Kier molecular flexibility index (Phi) is 3.24. The minimum Gasteiger partial charge on any atom is -0.494 e. The smallest absolute Gasteiger partial charge is 0.119 e. The molecule has 1 aromatic carbocycles. The molecule has 0 bridgehead atoms. The third kappa shape index (κ3) is 2.03. The summed E-state index contributed by atoms with van der Waals surface area (Å²) in [5, 5.41) is 9.02. The van der Waals surface area contributed by atoms with Gasteiger partial charge in [0.15, 0.2) is 0 Å². The molecule has 3 N–H and O–H groups in total. The minimum absolute atomic E-state index is 0.409. The monoisotopic (exact) mass is 241 g/mol. The standard InChI is InChI=1S/C14H15N3O/c1-3-18-11-6-4-5-10(7-11)13-9(2)12(8-15)14(16)17-13/h4-7,17H,3,16H2,1-2H3. The van der Waals surface area contributed by atoms with Crippen LogP contribution in [0.25, 0.3) is 11.3 Å². The summed E-state index contributed by atoms with van der Waals surface area (Å²) >= 11 is 0. The molecular formula is C14H15N3O. The Morgan fingerprint density at radius 3 is 2.83 bits per heavy atom. The lowest BCUT2D eigenvalue weighted by molar-refractivity contribution is 0.340. The highest BCUT2D eigenvalue weighted by molar-refractivity contribution is 5.73. The SMILES string of the molecule is CCOc1cccc(-c2[nH]c(N)c(C#N)c2C)c1. The molecule has 4 nitrogen and oxygen atoms in total. The van der Waals surface area contributed by atoms with E-state index < -0.39 is 0 Å². The quantitative estimate of drug-likeness (QED) is 0.867. The van der Waals surface area contributed by atoms with Crippen LogP contribution in [-0.4, -0.2) is 11.6 Å². The van der Waals surface area contributed by atoms with Gasteiger partial charge in [0, 0.05) is 5.56 Å². The van der Waals surface area contributed by atoms with Crippen molar-refractivity contribution in [2.75, 3.05) is 12.3 Å². The number of aromatic amines is 1. The number of hydrogen-bond donors (Lipinski definition) is 2. The molecule has 1 heterocycles. The first kappa shape index (κ1) is 12.1. The van der Waals surface area contributed by atoms with E-state index in [2.05, 4.69) is 11.1 Å². The summed E-state index contributed by atoms with van der Waals surface area (Å²) in [4.78, 5) is 3.05. The van der Waals surface area contributed by atoms with Crippen LogP contribution in [0.4, 0.5) is 5.82 Å². The number of ether oxygens (including phenoxy) is 1. The lowest BCUT2D eigenvalue weighted by atomic mass is 10.1. The molecule has 1 aromatic heterocycles. The van der Waals surface area contributed by atoms with Crippen molar-refractivity contribution in [1.29, 1.82) is 5.26 Å². The van der Waals surface area contributed by atoms with Gasteiger partial charge in [-0.15, -0.1) is 0 Å². The second-order valence-corrected chi connectivity index (χ2v) is 3.99. The highest BCUT2D eigenvalue weighted by atomic mass is 16.5. The van der Waals surface area contributed by atoms with Gasteiger partial charge in [-0.3, -0.25) is 0 Å². The summed E-state index contributed by atoms with van der Waals surface area (Å²) in [6, 6.07) is 9.82. The highest BCUT2D eigenvalue weighted by Crippen LogP contribution is 2.30. The zero-order chi connectivity index (χ0) is 13.1. The van der Waals surface area contributed by atoms with Crippen LogP contribution in [-0.2, 0) is 0 Å². The van der Waals surface area contributed by atoms with Crippen molar-refractivity contribution in [3.05, 3.63) is 35.4 Å². The summed E-state index contributed by atoms with van der Waals surface area (Å²) in [6.45, 7) is 4.45. The van der Waals surface area contributed by atoms with Gasteiger partial charge in [0.1, 0.15) is 17.6 Å². The average Bonchev–Trinajstić information content (AvgIpc) is 2.65. The van der Waals surface area contributed by atoms with Gasteiger partial charge < -0.3 is 15.5 Å². The Balaban J connectivity index is 2.49. The molecular weight excluding hydrogens is 226 g/mol. The molecule has 0 saturated carbocycles. The maximum atomic E-state index is 9.02. The first-order chi connectivity index (χ1) is 8.67. The van der Waals surface area contributed by atoms with Gasteiger partial charge in [0.05, 0.1) is 17.9 Å². The van der Waals surface area contributed by atoms with Crippen LogP contribution in [0.1, 0.15) is 18.1 Å². The Hall–Kier alpha value is -2.41. The highest BCUT2D eigenvalue weighted by Gasteiger charge is 2.13. The molecule has 0 amide bonds. The van der Waals surface area contributed by atoms with Crippen molar-refractivity contribution >= 4 is 5.82 Å². The number of nitrogens with zero attached hydrogens (tertiary/aromatic N) is 1. The second kappa shape index (κ2) is 4.84. The number of nitrogen functional groups attached to an aromatic ring is 1. The lowest BCUT2D eigenvalue weighted by Crippen LogP contribution is -1.91. The number of hydrogen-bond acceptors (Lipinski definition) is 3. The van der Waals surface area contributed by atoms with Crippen molar-refractivity contribution in [1.82, 2.24) is 4.98 Å². The van der Waals surface area contributed by atoms with E-state index in [0.717, 1.165) is 22.6 Å². The Morgan fingerprint density at radius 2 is 2.22 bits per heavy atom. The van der Waals surface area contributed by atoms with Crippen molar-refractivity contribution in [3.63, 3.8) is 0 Å².